The zero-order valence-electron chi connectivity index (χ0n) is 13.5. The summed E-state index contributed by atoms with van der Waals surface area (Å²) in [4.78, 5) is 9.26. The van der Waals surface area contributed by atoms with Crippen molar-refractivity contribution >= 4 is 23.1 Å². The third-order valence-corrected chi connectivity index (χ3v) is 5.01. The normalized spacial score (nSPS) is 20.1. The van der Waals surface area contributed by atoms with Crippen molar-refractivity contribution in [2.45, 2.75) is 11.3 Å². The average Bonchev–Trinajstić information content (AvgIpc) is 3.40. The van der Waals surface area contributed by atoms with E-state index in [-0.39, 0.29) is 11.3 Å². The van der Waals surface area contributed by atoms with Crippen LogP contribution in [0.25, 0.3) is 0 Å². The highest BCUT2D eigenvalue weighted by molar-refractivity contribution is 8.14. The van der Waals surface area contributed by atoms with Crippen LogP contribution in [-0.2, 0) is 0 Å². The molecule has 3 heterocycles. The standard InChI is InChI=1S/C19H16N2O3S/c1-22-14-6-2-5-13(11-14)12-20-19-21-17(15-7-3-9-23-15)18(25-19)16-8-4-10-24-16/h2-12,17-18H,1H3/t17-,18+/m0/s1. The number of hydrogen-bond donors (Lipinski definition) is 0. The smallest absolute Gasteiger partial charge is 0.184 e. The van der Waals surface area contributed by atoms with Gasteiger partial charge < -0.3 is 13.6 Å². The molecule has 25 heavy (non-hydrogen) atoms. The first-order valence-corrected chi connectivity index (χ1v) is 8.71. The van der Waals surface area contributed by atoms with E-state index in [4.69, 9.17) is 18.6 Å². The van der Waals surface area contributed by atoms with Crippen molar-refractivity contribution in [3.05, 3.63) is 78.1 Å². The van der Waals surface area contributed by atoms with Gasteiger partial charge in [0.2, 0.25) is 0 Å². The molecule has 1 aromatic carbocycles. The molecule has 5 nitrogen and oxygen atoms in total. The number of hydrogen-bond acceptors (Lipinski definition) is 6. The number of thioether (sulfide) groups is 1. The Morgan fingerprint density at radius 1 is 1.08 bits per heavy atom. The van der Waals surface area contributed by atoms with E-state index in [9.17, 15) is 0 Å². The summed E-state index contributed by atoms with van der Waals surface area (Å²) in [6.45, 7) is 0. The Hall–Kier alpha value is -2.73. The van der Waals surface area contributed by atoms with Gasteiger partial charge >= 0.3 is 0 Å². The van der Waals surface area contributed by atoms with Gasteiger partial charge in [-0.1, -0.05) is 23.9 Å². The van der Waals surface area contributed by atoms with Crippen molar-refractivity contribution in [2.24, 2.45) is 9.98 Å². The Morgan fingerprint density at radius 2 is 1.88 bits per heavy atom. The van der Waals surface area contributed by atoms with Gasteiger partial charge in [-0.25, -0.2) is 9.98 Å². The summed E-state index contributed by atoms with van der Waals surface area (Å²) in [5, 5.41) is 0.712. The fourth-order valence-corrected chi connectivity index (χ4v) is 3.74. The molecule has 1 aliphatic heterocycles. The van der Waals surface area contributed by atoms with Crippen molar-refractivity contribution in [3.63, 3.8) is 0 Å². The number of benzene rings is 1. The molecule has 3 aromatic rings. The minimum Gasteiger partial charge on any atom is -0.497 e. The second-order valence-electron chi connectivity index (χ2n) is 5.46. The SMILES string of the molecule is COc1cccc(C=NC2=N[C@@H](c3ccco3)[C@@H](c3ccco3)S2)c1. The predicted molar refractivity (Wildman–Crippen MR) is 98.5 cm³/mol. The summed E-state index contributed by atoms with van der Waals surface area (Å²) in [7, 11) is 1.65. The van der Waals surface area contributed by atoms with Crippen molar-refractivity contribution in [1.29, 1.82) is 0 Å². The van der Waals surface area contributed by atoms with Crippen LogP contribution in [0.3, 0.4) is 0 Å². The summed E-state index contributed by atoms with van der Waals surface area (Å²) in [6.07, 6.45) is 5.12. The van der Waals surface area contributed by atoms with Gasteiger partial charge in [-0.05, 0) is 42.0 Å². The van der Waals surface area contributed by atoms with Crippen LogP contribution >= 0.6 is 11.8 Å². The Morgan fingerprint density at radius 3 is 2.60 bits per heavy atom. The molecular formula is C19H16N2O3S. The number of nitrogens with zero attached hydrogens (tertiary/aromatic N) is 2. The number of ether oxygens (including phenoxy) is 1. The maximum absolute atomic E-state index is 5.58. The van der Waals surface area contributed by atoms with Gasteiger partial charge in [-0.3, -0.25) is 0 Å². The van der Waals surface area contributed by atoms with Crippen molar-refractivity contribution in [3.8, 4) is 5.75 Å². The molecule has 0 amide bonds. The molecule has 1 aliphatic rings. The Balaban J connectivity index is 1.59. The Labute approximate surface area is 149 Å². The number of rotatable bonds is 4. The first-order chi connectivity index (χ1) is 12.3. The maximum Gasteiger partial charge on any atom is 0.184 e. The van der Waals surface area contributed by atoms with Crippen LogP contribution in [0, 0.1) is 0 Å². The third kappa shape index (κ3) is 3.39. The second kappa shape index (κ2) is 7.03. The zero-order chi connectivity index (χ0) is 17.1. The molecular weight excluding hydrogens is 336 g/mol. The van der Waals surface area contributed by atoms with E-state index in [1.54, 1.807) is 37.6 Å². The van der Waals surface area contributed by atoms with Gasteiger partial charge in [-0.15, -0.1) is 0 Å². The van der Waals surface area contributed by atoms with Crippen LogP contribution < -0.4 is 4.74 Å². The summed E-state index contributed by atoms with van der Waals surface area (Å²) in [5.41, 5.74) is 0.957. The van der Waals surface area contributed by atoms with Crippen LogP contribution in [0.2, 0.25) is 0 Å². The number of furan rings is 2. The first-order valence-electron chi connectivity index (χ1n) is 7.83. The van der Waals surface area contributed by atoms with Gasteiger partial charge in [0.25, 0.3) is 0 Å². The highest BCUT2D eigenvalue weighted by Crippen LogP contribution is 2.48. The monoisotopic (exact) mass is 352 g/mol. The molecule has 126 valence electrons. The fraction of sp³-hybridized carbons (Fsp3) is 0.158. The lowest BCUT2D eigenvalue weighted by atomic mass is 10.1. The number of methoxy groups -OCH3 is 1. The lowest BCUT2D eigenvalue weighted by molar-refractivity contribution is 0.415. The average molecular weight is 352 g/mol. The van der Waals surface area contributed by atoms with E-state index in [2.05, 4.69) is 4.99 Å². The van der Waals surface area contributed by atoms with Crippen LogP contribution in [-0.4, -0.2) is 18.5 Å². The topological polar surface area (TPSA) is 60.2 Å². The van der Waals surface area contributed by atoms with Gasteiger partial charge in [0.05, 0.1) is 19.6 Å². The molecule has 2 atom stereocenters. The molecule has 0 unspecified atom stereocenters. The van der Waals surface area contributed by atoms with E-state index in [1.807, 2.05) is 48.5 Å². The van der Waals surface area contributed by atoms with E-state index >= 15 is 0 Å². The van der Waals surface area contributed by atoms with E-state index in [0.717, 1.165) is 22.8 Å². The van der Waals surface area contributed by atoms with Gasteiger partial charge in [0, 0.05) is 6.21 Å². The van der Waals surface area contributed by atoms with Crippen LogP contribution in [0.4, 0.5) is 0 Å². The summed E-state index contributed by atoms with van der Waals surface area (Å²) in [6, 6.07) is 15.2. The van der Waals surface area contributed by atoms with Crippen LogP contribution in [0.15, 0.2) is 79.9 Å². The molecule has 0 fully saturated rings. The van der Waals surface area contributed by atoms with E-state index < -0.39 is 0 Å². The van der Waals surface area contributed by atoms with Gasteiger partial charge in [0.1, 0.15) is 28.6 Å². The molecule has 2 aromatic heterocycles. The number of aliphatic imine (C=N–C) groups is 2. The Kier molecular flexibility index (Phi) is 4.43. The van der Waals surface area contributed by atoms with E-state index in [1.165, 1.54) is 0 Å². The fourth-order valence-electron chi connectivity index (χ4n) is 2.65. The third-order valence-electron chi connectivity index (χ3n) is 3.84. The van der Waals surface area contributed by atoms with Crippen LogP contribution in [0.1, 0.15) is 28.4 Å². The molecule has 0 radical (unpaired) electrons. The van der Waals surface area contributed by atoms with Crippen molar-refractivity contribution in [2.75, 3.05) is 7.11 Å². The molecule has 0 bridgehead atoms. The van der Waals surface area contributed by atoms with Gasteiger partial charge in [0.15, 0.2) is 5.17 Å². The minimum absolute atomic E-state index is 0.0126. The number of amidine groups is 1. The minimum atomic E-state index is -0.149. The largest absolute Gasteiger partial charge is 0.497 e. The molecule has 6 heteroatoms. The first kappa shape index (κ1) is 15.8. The van der Waals surface area contributed by atoms with Crippen molar-refractivity contribution in [1.82, 2.24) is 0 Å². The summed E-state index contributed by atoms with van der Waals surface area (Å²) >= 11 is 1.57. The Bertz CT molecular complexity index is 885. The lowest BCUT2D eigenvalue weighted by Gasteiger charge is -2.11. The quantitative estimate of drug-likeness (QED) is 0.628. The van der Waals surface area contributed by atoms with E-state index in [0.29, 0.717) is 5.17 Å². The summed E-state index contributed by atoms with van der Waals surface area (Å²) in [5.74, 6) is 2.47. The highest BCUT2D eigenvalue weighted by Gasteiger charge is 2.36. The highest BCUT2D eigenvalue weighted by atomic mass is 32.2. The molecule has 0 spiro atoms. The molecule has 0 saturated heterocycles. The molecule has 0 saturated carbocycles. The van der Waals surface area contributed by atoms with Crippen LogP contribution in [0.5, 0.6) is 5.75 Å². The van der Waals surface area contributed by atoms with Gasteiger partial charge in [-0.2, -0.15) is 0 Å². The molecule has 0 aliphatic carbocycles. The molecule has 4 rings (SSSR count). The zero-order valence-corrected chi connectivity index (χ0v) is 14.3. The predicted octanol–water partition coefficient (Wildman–Crippen LogP) is 4.89. The molecule has 0 N–H and O–H groups in total. The summed E-state index contributed by atoms with van der Waals surface area (Å²) < 4.78 is 16.4. The second-order valence-corrected chi connectivity index (χ2v) is 6.57. The lowest BCUT2D eigenvalue weighted by Crippen LogP contribution is -1.99. The maximum atomic E-state index is 5.58. The van der Waals surface area contributed by atoms with Crippen molar-refractivity contribution < 1.29 is 13.6 Å².